The Balaban J connectivity index is 2.63. The number of para-hydroxylation sites is 1. The zero-order valence-electron chi connectivity index (χ0n) is 6.75. The molecular formula is C10H6ClNO. The first kappa shape index (κ1) is 8.15. The van der Waals surface area contributed by atoms with Crippen LogP contribution in [-0.4, -0.2) is 6.61 Å². The van der Waals surface area contributed by atoms with Crippen molar-refractivity contribution in [1.29, 1.82) is 5.26 Å². The summed E-state index contributed by atoms with van der Waals surface area (Å²) in [6.07, 6.45) is 1.75. The zero-order chi connectivity index (χ0) is 9.26. The second-order valence-electron chi connectivity index (χ2n) is 2.66. The Morgan fingerprint density at radius 2 is 2.31 bits per heavy atom. The molecule has 0 radical (unpaired) electrons. The number of ether oxygens (including phenoxy) is 1. The molecule has 3 heteroatoms. The standard InChI is InChI=1S/C10H6ClNO/c11-9-3-1-2-8-7(6-12)4-5-13-10(8)9/h1-4H,5H2. The van der Waals surface area contributed by atoms with Gasteiger partial charge in [0.1, 0.15) is 12.4 Å². The Labute approximate surface area is 81.0 Å². The predicted octanol–water partition coefficient (Wildman–Crippen LogP) is 2.64. The number of fused-ring (bicyclic) bond motifs is 1. The maximum absolute atomic E-state index is 8.81. The highest BCUT2D eigenvalue weighted by Crippen LogP contribution is 2.35. The molecule has 0 unspecified atom stereocenters. The SMILES string of the molecule is N#CC1=CCOc2c(Cl)cccc21. The Kier molecular flexibility index (Phi) is 1.96. The third kappa shape index (κ3) is 1.28. The van der Waals surface area contributed by atoms with Gasteiger partial charge in [0.25, 0.3) is 0 Å². The summed E-state index contributed by atoms with van der Waals surface area (Å²) in [5.41, 5.74) is 1.41. The maximum Gasteiger partial charge on any atom is 0.146 e. The number of halogens is 1. The van der Waals surface area contributed by atoms with Crippen LogP contribution in [0.3, 0.4) is 0 Å². The number of benzene rings is 1. The van der Waals surface area contributed by atoms with Crippen LogP contribution in [0, 0.1) is 11.3 Å². The van der Waals surface area contributed by atoms with Crippen molar-refractivity contribution in [3.8, 4) is 11.8 Å². The Bertz CT molecular complexity index is 417. The summed E-state index contributed by atoms with van der Waals surface area (Å²) in [7, 11) is 0. The van der Waals surface area contributed by atoms with E-state index in [9.17, 15) is 0 Å². The van der Waals surface area contributed by atoms with Crippen LogP contribution in [0.1, 0.15) is 5.56 Å². The molecule has 0 aliphatic carbocycles. The van der Waals surface area contributed by atoms with Gasteiger partial charge in [-0.15, -0.1) is 0 Å². The van der Waals surface area contributed by atoms with Crippen molar-refractivity contribution in [1.82, 2.24) is 0 Å². The predicted molar refractivity (Wildman–Crippen MR) is 50.5 cm³/mol. The first-order valence-corrected chi connectivity index (χ1v) is 4.22. The van der Waals surface area contributed by atoms with Gasteiger partial charge in [0.2, 0.25) is 0 Å². The van der Waals surface area contributed by atoms with Crippen LogP contribution in [0.15, 0.2) is 24.3 Å². The van der Waals surface area contributed by atoms with E-state index < -0.39 is 0 Å². The highest BCUT2D eigenvalue weighted by molar-refractivity contribution is 6.32. The van der Waals surface area contributed by atoms with E-state index in [0.29, 0.717) is 23.0 Å². The zero-order valence-corrected chi connectivity index (χ0v) is 7.51. The van der Waals surface area contributed by atoms with E-state index in [2.05, 4.69) is 6.07 Å². The number of nitrogens with zero attached hydrogens (tertiary/aromatic N) is 1. The molecule has 0 fully saturated rings. The Morgan fingerprint density at radius 1 is 1.46 bits per heavy atom. The van der Waals surface area contributed by atoms with E-state index in [0.717, 1.165) is 5.56 Å². The molecule has 0 saturated heterocycles. The summed E-state index contributed by atoms with van der Waals surface area (Å²) in [4.78, 5) is 0. The third-order valence-electron chi connectivity index (χ3n) is 1.89. The second kappa shape index (κ2) is 3.12. The van der Waals surface area contributed by atoms with Crippen LogP contribution in [0.5, 0.6) is 5.75 Å². The van der Waals surface area contributed by atoms with Gasteiger partial charge in [0.05, 0.1) is 16.7 Å². The molecule has 0 saturated carbocycles. The molecule has 0 spiro atoms. The second-order valence-corrected chi connectivity index (χ2v) is 3.06. The first-order chi connectivity index (χ1) is 6.33. The van der Waals surface area contributed by atoms with E-state index in [1.807, 2.05) is 6.07 Å². The normalized spacial score (nSPS) is 13.7. The van der Waals surface area contributed by atoms with Crippen molar-refractivity contribution in [2.24, 2.45) is 0 Å². The van der Waals surface area contributed by atoms with Crippen molar-refractivity contribution >= 4 is 17.2 Å². The van der Waals surface area contributed by atoms with Gasteiger partial charge in [0, 0.05) is 5.56 Å². The van der Waals surface area contributed by atoms with Gasteiger partial charge >= 0.3 is 0 Å². The smallest absolute Gasteiger partial charge is 0.146 e. The first-order valence-electron chi connectivity index (χ1n) is 3.85. The van der Waals surface area contributed by atoms with Gasteiger partial charge in [0.15, 0.2) is 0 Å². The van der Waals surface area contributed by atoms with Crippen molar-refractivity contribution in [2.75, 3.05) is 6.61 Å². The molecular weight excluding hydrogens is 186 g/mol. The monoisotopic (exact) mass is 191 g/mol. The highest BCUT2D eigenvalue weighted by atomic mass is 35.5. The van der Waals surface area contributed by atoms with Crippen molar-refractivity contribution in [3.63, 3.8) is 0 Å². The molecule has 0 aromatic heterocycles. The quantitative estimate of drug-likeness (QED) is 0.632. The molecule has 0 amide bonds. The van der Waals surface area contributed by atoms with Gasteiger partial charge in [-0.25, -0.2) is 0 Å². The minimum Gasteiger partial charge on any atom is -0.487 e. The number of hydrogen-bond acceptors (Lipinski definition) is 2. The highest BCUT2D eigenvalue weighted by Gasteiger charge is 2.15. The third-order valence-corrected chi connectivity index (χ3v) is 2.19. The molecule has 1 aliphatic heterocycles. The molecule has 1 aromatic rings. The van der Waals surface area contributed by atoms with E-state index in [1.54, 1.807) is 18.2 Å². The van der Waals surface area contributed by atoms with E-state index in [1.165, 1.54) is 0 Å². The largest absolute Gasteiger partial charge is 0.487 e. The van der Waals surface area contributed by atoms with E-state index in [4.69, 9.17) is 21.6 Å². The fourth-order valence-corrected chi connectivity index (χ4v) is 1.52. The molecule has 2 nitrogen and oxygen atoms in total. The van der Waals surface area contributed by atoms with Crippen LogP contribution >= 0.6 is 11.6 Å². The summed E-state index contributed by atoms with van der Waals surface area (Å²) < 4.78 is 5.33. The molecule has 0 atom stereocenters. The molecule has 1 aliphatic rings. The molecule has 0 bridgehead atoms. The number of hydrogen-bond donors (Lipinski definition) is 0. The Hall–Kier alpha value is -1.46. The average Bonchev–Trinajstić information content (AvgIpc) is 2.18. The van der Waals surface area contributed by atoms with Crippen LogP contribution < -0.4 is 4.74 Å². The van der Waals surface area contributed by atoms with Crippen molar-refractivity contribution in [2.45, 2.75) is 0 Å². The maximum atomic E-state index is 8.81. The lowest BCUT2D eigenvalue weighted by Gasteiger charge is -2.15. The van der Waals surface area contributed by atoms with Gasteiger partial charge in [-0.05, 0) is 18.2 Å². The van der Waals surface area contributed by atoms with Crippen LogP contribution in [-0.2, 0) is 0 Å². The van der Waals surface area contributed by atoms with Crippen LogP contribution in [0.25, 0.3) is 5.57 Å². The topological polar surface area (TPSA) is 33.0 Å². The molecule has 64 valence electrons. The summed E-state index contributed by atoms with van der Waals surface area (Å²) in [5.74, 6) is 0.614. The fourth-order valence-electron chi connectivity index (χ4n) is 1.29. The molecule has 1 aromatic carbocycles. The van der Waals surface area contributed by atoms with Crippen LogP contribution in [0.4, 0.5) is 0 Å². The molecule has 2 rings (SSSR count). The molecule has 13 heavy (non-hydrogen) atoms. The fraction of sp³-hybridized carbons (Fsp3) is 0.100. The molecule has 0 N–H and O–H groups in total. The lowest BCUT2D eigenvalue weighted by Crippen LogP contribution is -2.04. The summed E-state index contributed by atoms with van der Waals surface area (Å²) in [5, 5.41) is 9.37. The summed E-state index contributed by atoms with van der Waals surface area (Å²) in [6, 6.07) is 7.50. The number of allylic oxidation sites excluding steroid dienone is 1. The summed E-state index contributed by atoms with van der Waals surface area (Å²) in [6.45, 7) is 0.416. The van der Waals surface area contributed by atoms with E-state index >= 15 is 0 Å². The van der Waals surface area contributed by atoms with Gasteiger partial charge in [-0.3, -0.25) is 0 Å². The lowest BCUT2D eigenvalue weighted by molar-refractivity contribution is 0.358. The van der Waals surface area contributed by atoms with Crippen molar-refractivity contribution < 1.29 is 4.74 Å². The summed E-state index contributed by atoms with van der Waals surface area (Å²) >= 11 is 5.90. The Morgan fingerprint density at radius 3 is 3.08 bits per heavy atom. The molecule has 1 heterocycles. The minimum absolute atomic E-state index is 0.416. The average molecular weight is 192 g/mol. The lowest BCUT2D eigenvalue weighted by atomic mass is 10.0. The number of nitriles is 1. The van der Waals surface area contributed by atoms with Crippen molar-refractivity contribution in [3.05, 3.63) is 34.9 Å². The van der Waals surface area contributed by atoms with E-state index in [-0.39, 0.29) is 0 Å². The van der Waals surface area contributed by atoms with Gasteiger partial charge < -0.3 is 4.74 Å². The number of rotatable bonds is 0. The van der Waals surface area contributed by atoms with Gasteiger partial charge in [-0.1, -0.05) is 17.7 Å². The van der Waals surface area contributed by atoms with Gasteiger partial charge in [-0.2, -0.15) is 5.26 Å². The minimum atomic E-state index is 0.416. The van der Waals surface area contributed by atoms with Crippen LogP contribution in [0.2, 0.25) is 5.02 Å².